The van der Waals surface area contributed by atoms with Gasteiger partial charge in [0.1, 0.15) is 10.9 Å². The number of benzodiazepines with no additional fused rings is 1. The molecule has 8 nitrogen and oxygen atoms in total. The van der Waals surface area contributed by atoms with Gasteiger partial charge >= 0.3 is 0 Å². The van der Waals surface area contributed by atoms with Gasteiger partial charge in [-0.2, -0.15) is 10.3 Å². The van der Waals surface area contributed by atoms with Gasteiger partial charge in [-0.1, -0.05) is 48.5 Å². The predicted molar refractivity (Wildman–Crippen MR) is 120 cm³/mol. The number of carbonyl (C=O) groups is 1. The molecule has 0 fully saturated rings. The number of thiophene rings is 1. The molecule has 9 heteroatoms. The summed E-state index contributed by atoms with van der Waals surface area (Å²) in [4.78, 5) is 22.3. The first-order valence-electron chi connectivity index (χ1n) is 9.18. The van der Waals surface area contributed by atoms with Crippen molar-refractivity contribution in [2.24, 2.45) is 15.7 Å². The van der Waals surface area contributed by atoms with E-state index >= 15 is 0 Å². The topological polar surface area (TPSA) is 137 Å². The summed E-state index contributed by atoms with van der Waals surface area (Å²) in [6.07, 6.45) is -1.20. The minimum absolute atomic E-state index is 0.266. The molecule has 1 aliphatic rings. The summed E-state index contributed by atoms with van der Waals surface area (Å²) < 4.78 is 5.27. The standard InChI is InChI=1S/C22H16N6O2S/c23-12-14-10-11-17(31-14)19(24)30-22(25)28-20-21(29)26-16-9-5-4-8-15(16)18(27-20)13-6-2-1-3-7-13/h1-11,20,24H,(H2,25,28)(H,26,29). The summed E-state index contributed by atoms with van der Waals surface area (Å²) >= 11 is 1.09. The van der Waals surface area contributed by atoms with Gasteiger partial charge in [-0.05, 0) is 18.2 Å². The maximum atomic E-state index is 12.8. The van der Waals surface area contributed by atoms with Crippen LogP contribution in [0.5, 0.6) is 0 Å². The van der Waals surface area contributed by atoms with E-state index in [1.54, 1.807) is 18.2 Å². The van der Waals surface area contributed by atoms with Gasteiger partial charge in [-0.25, -0.2) is 4.99 Å². The van der Waals surface area contributed by atoms with E-state index in [0.29, 0.717) is 21.2 Å². The van der Waals surface area contributed by atoms with Gasteiger partial charge in [-0.15, -0.1) is 11.3 Å². The van der Waals surface area contributed by atoms with Crippen LogP contribution in [-0.4, -0.2) is 29.7 Å². The maximum Gasteiger partial charge on any atom is 0.291 e. The third kappa shape index (κ3) is 4.34. The SMILES string of the molecule is N#Cc1ccc(C(=N)OC(N)=NC2N=C(c3ccccc3)c3ccccc3NC2=O)s1. The second-order valence-corrected chi connectivity index (χ2v) is 7.51. The average Bonchev–Trinajstić information content (AvgIpc) is 3.22. The molecule has 2 heterocycles. The van der Waals surface area contributed by atoms with Crippen LogP contribution in [0.2, 0.25) is 0 Å². The number of ether oxygens (including phenoxy) is 1. The highest BCUT2D eigenvalue weighted by Gasteiger charge is 2.26. The number of nitrogens with one attached hydrogen (secondary N) is 2. The molecule has 0 saturated carbocycles. The molecule has 0 radical (unpaired) electrons. The molecule has 1 aromatic heterocycles. The lowest BCUT2D eigenvalue weighted by molar-refractivity contribution is -0.117. The van der Waals surface area contributed by atoms with Gasteiger partial charge in [0, 0.05) is 11.1 Å². The van der Waals surface area contributed by atoms with Gasteiger partial charge in [0.05, 0.1) is 16.3 Å². The van der Waals surface area contributed by atoms with Gasteiger partial charge in [0.25, 0.3) is 11.9 Å². The molecule has 152 valence electrons. The van der Waals surface area contributed by atoms with Crippen molar-refractivity contribution in [2.45, 2.75) is 6.17 Å². The van der Waals surface area contributed by atoms with Crippen molar-refractivity contribution in [2.75, 3.05) is 5.32 Å². The Kier molecular flexibility index (Phi) is 5.55. The number of aliphatic imine (C=N–C) groups is 2. The Hall–Kier alpha value is -4.29. The molecule has 0 spiro atoms. The summed E-state index contributed by atoms with van der Waals surface area (Å²) in [5.74, 6) is -0.739. The molecule has 0 aliphatic carbocycles. The van der Waals surface area contributed by atoms with Crippen LogP contribution >= 0.6 is 11.3 Å². The van der Waals surface area contributed by atoms with Crippen molar-refractivity contribution in [1.82, 2.24) is 0 Å². The molecule has 0 saturated heterocycles. The number of rotatable bonds is 3. The number of hydrogen-bond donors (Lipinski definition) is 3. The first kappa shape index (κ1) is 20.0. The molecule has 4 N–H and O–H groups in total. The Labute approximate surface area is 181 Å². The fourth-order valence-electron chi connectivity index (χ4n) is 2.98. The fourth-order valence-corrected chi connectivity index (χ4v) is 3.67. The smallest absolute Gasteiger partial charge is 0.291 e. The Morgan fingerprint density at radius 1 is 1.16 bits per heavy atom. The highest BCUT2D eigenvalue weighted by atomic mass is 32.1. The van der Waals surface area contributed by atoms with Crippen molar-refractivity contribution in [1.29, 1.82) is 10.7 Å². The Morgan fingerprint density at radius 3 is 2.65 bits per heavy atom. The number of amides is 1. The number of nitrogens with zero attached hydrogens (tertiary/aromatic N) is 3. The Morgan fingerprint density at radius 2 is 1.90 bits per heavy atom. The van der Waals surface area contributed by atoms with E-state index in [2.05, 4.69) is 15.3 Å². The number of benzene rings is 2. The molecule has 1 amide bonds. The Bertz CT molecular complexity index is 1260. The van der Waals surface area contributed by atoms with E-state index in [4.69, 9.17) is 21.1 Å². The summed E-state index contributed by atoms with van der Waals surface area (Å²) in [7, 11) is 0. The highest BCUT2D eigenvalue weighted by Crippen LogP contribution is 2.24. The average molecular weight is 428 g/mol. The van der Waals surface area contributed by atoms with Crippen LogP contribution in [0.1, 0.15) is 20.9 Å². The predicted octanol–water partition coefficient (Wildman–Crippen LogP) is 3.09. The van der Waals surface area contributed by atoms with Crippen molar-refractivity contribution in [3.05, 3.63) is 87.6 Å². The van der Waals surface area contributed by atoms with Crippen LogP contribution in [0.15, 0.2) is 76.7 Å². The quantitative estimate of drug-likeness (QED) is 0.436. The minimum Gasteiger partial charge on any atom is -0.406 e. The van der Waals surface area contributed by atoms with Crippen molar-refractivity contribution in [3.63, 3.8) is 0 Å². The summed E-state index contributed by atoms with van der Waals surface area (Å²) in [6.45, 7) is 0. The highest BCUT2D eigenvalue weighted by molar-refractivity contribution is 7.14. The van der Waals surface area contributed by atoms with Crippen LogP contribution in [0.3, 0.4) is 0 Å². The largest absolute Gasteiger partial charge is 0.406 e. The van der Waals surface area contributed by atoms with E-state index in [0.717, 1.165) is 22.5 Å². The van der Waals surface area contributed by atoms with Crippen LogP contribution in [-0.2, 0) is 9.53 Å². The third-order valence-electron chi connectivity index (χ3n) is 4.37. The molecule has 1 unspecified atom stereocenters. The Balaban J connectivity index is 1.66. The van der Waals surface area contributed by atoms with Crippen molar-refractivity contribution in [3.8, 4) is 6.07 Å². The number of fused-ring (bicyclic) bond motifs is 1. The zero-order valence-corrected chi connectivity index (χ0v) is 16.9. The summed E-state index contributed by atoms with van der Waals surface area (Å²) in [5.41, 5.74) is 8.64. The third-order valence-corrected chi connectivity index (χ3v) is 5.36. The van der Waals surface area contributed by atoms with Gasteiger partial charge < -0.3 is 15.8 Å². The second kappa shape index (κ2) is 8.61. The fraction of sp³-hybridized carbons (Fsp3) is 0.0455. The van der Waals surface area contributed by atoms with Gasteiger partial charge in [0.15, 0.2) is 0 Å². The van der Waals surface area contributed by atoms with E-state index < -0.39 is 12.1 Å². The van der Waals surface area contributed by atoms with Crippen molar-refractivity contribution >= 4 is 40.6 Å². The first-order chi connectivity index (χ1) is 15.0. The minimum atomic E-state index is -1.20. The van der Waals surface area contributed by atoms with E-state index in [9.17, 15) is 4.79 Å². The number of para-hydroxylation sites is 1. The zero-order valence-electron chi connectivity index (χ0n) is 16.1. The summed E-state index contributed by atoms with van der Waals surface area (Å²) in [5, 5.41) is 19.8. The zero-order chi connectivity index (χ0) is 21.8. The lowest BCUT2D eigenvalue weighted by Crippen LogP contribution is -2.29. The summed E-state index contributed by atoms with van der Waals surface area (Å²) in [6, 6.07) is 21.6. The monoisotopic (exact) mass is 428 g/mol. The molecule has 1 aliphatic heterocycles. The molecule has 4 rings (SSSR count). The van der Waals surface area contributed by atoms with Crippen LogP contribution in [0, 0.1) is 16.7 Å². The number of carbonyl (C=O) groups excluding carboxylic acids is 1. The maximum absolute atomic E-state index is 12.8. The molecule has 2 aromatic carbocycles. The van der Waals surface area contributed by atoms with Crippen molar-refractivity contribution < 1.29 is 9.53 Å². The number of nitrogens with two attached hydrogens (primary N) is 1. The molecule has 1 atom stereocenters. The lowest BCUT2D eigenvalue weighted by atomic mass is 10.0. The lowest BCUT2D eigenvalue weighted by Gasteiger charge is -2.09. The number of nitriles is 1. The van der Waals surface area contributed by atoms with E-state index in [-0.39, 0.29) is 11.9 Å². The van der Waals surface area contributed by atoms with Crippen LogP contribution in [0.25, 0.3) is 0 Å². The molecule has 0 bridgehead atoms. The number of amidine groups is 1. The van der Waals surface area contributed by atoms with Gasteiger partial charge in [0.2, 0.25) is 12.1 Å². The molecular weight excluding hydrogens is 412 g/mol. The number of anilines is 1. The number of hydrogen-bond acceptors (Lipinski definition) is 7. The molecule has 3 aromatic rings. The second-order valence-electron chi connectivity index (χ2n) is 6.43. The molecular formula is C22H16N6O2S. The normalized spacial score (nSPS) is 15.7. The van der Waals surface area contributed by atoms with Crippen LogP contribution in [0.4, 0.5) is 5.69 Å². The molecule has 31 heavy (non-hydrogen) atoms. The van der Waals surface area contributed by atoms with E-state index in [1.807, 2.05) is 54.6 Å². The van der Waals surface area contributed by atoms with E-state index in [1.165, 1.54) is 0 Å². The van der Waals surface area contributed by atoms with Gasteiger partial charge in [-0.3, -0.25) is 10.2 Å². The van der Waals surface area contributed by atoms with Crippen LogP contribution < -0.4 is 11.1 Å². The first-order valence-corrected chi connectivity index (χ1v) is 10.0.